The van der Waals surface area contributed by atoms with Crippen LogP contribution in [0.25, 0.3) is 5.69 Å². The number of halogens is 1. The molecule has 2 N–H and O–H groups in total. The van der Waals surface area contributed by atoms with Crippen LogP contribution in [0.3, 0.4) is 0 Å². The third-order valence-electron chi connectivity index (χ3n) is 2.67. The van der Waals surface area contributed by atoms with Gasteiger partial charge in [0.05, 0.1) is 18.9 Å². The Morgan fingerprint density at radius 2 is 2.12 bits per heavy atom. The Kier molecular flexibility index (Phi) is 1.94. The second kappa shape index (κ2) is 3.31. The molecule has 0 saturated heterocycles. The van der Waals surface area contributed by atoms with Gasteiger partial charge in [0.1, 0.15) is 17.3 Å². The summed E-state index contributed by atoms with van der Waals surface area (Å²) in [6.45, 7) is 0.899. The monoisotopic (exact) mass is 219 g/mol. The quantitative estimate of drug-likeness (QED) is 0.793. The Balaban J connectivity index is 2.18. The smallest absolute Gasteiger partial charge is 0.148 e. The Hall–Kier alpha value is -1.88. The summed E-state index contributed by atoms with van der Waals surface area (Å²) in [5.41, 5.74) is 7.94. The maximum absolute atomic E-state index is 13.6. The maximum atomic E-state index is 13.6. The van der Waals surface area contributed by atoms with Crippen molar-refractivity contribution in [3.05, 3.63) is 41.3 Å². The van der Waals surface area contributed by atoms with E-state index in [1.165, 1.54) is 10.7 Å². The van der Waals surface area contributed by atoms with Gasteiger partial charge in [-0.1, -0.05) is 12.1 Å². The highest BCUT2D eigenvalue weighted by molar-refractivity contribution is 5.50. The molecule has 1 aliphatic rings. The van der Waals surface area contributed by atoms with Crippen molar-refractivity contribution in [3.8, 4) is 5.69 Å². The highest BCUT2D eigenvalue weighted by Gasteiger charge is 2.22. The van der Waals surface area contributed by atoms with Crippen LogP contribution in [0, 0.1) is 5.82 Å². The molecule has 1 aromatic carbocycles. The predicted octanol–water partition coefficient (Wildman–Crippen LogP) is 1.62. The summed E-state index contributed by atoms with van der Waals surface area (Å²) in [6, 6.07) is 6.42. The Morgan fingerprint density at radius 1 is 1.31 bits per heavy atom. The number of anilines is 1. The number of rotatable bonds is 1. The van der Waals surface area contributed by atoms with Crippen LogP contribution >= 0.6 is 0 Å². The van der Waals surface area contributed by atoms with E-state index in [-0.39, 0.29) is 5.82 Å². The molecule has 0 unspecified atom stereocenters. The summed E-state index contributed by atoms with van der Waals surface area (Å²) < 4.78 is 20.2. The molecule has 0 saturated carbocycles. The molecule has 0 bridgehead atoms. The minimum atomic E-state index is -0.337. The van der Waals surface area contributed by atoms with Crippen molar-refractivity contribution in [2.75, 3.05) is 5.73 Å². The molecule has 0 atom stereocenters. The van der Waals surface area contributed by atoms with E-state index >= 15 is 0 Å². The van der Waals surface area contributed by atoms with Gasteiger partial charge < -0.3 is 10.5 Å². The molecule has 0 radical (unpaired) electrons. The molecule has 82 valence electrons. The van der Waals surface area contributed by atoms with Crippen molar-refractivity contribution in [2.45, 2.75) is 13.2 Å². The number of nitrogen functional groups attached to an aromatic ring is 1. The Bertz CT molecular complexity index is 550. The van der Waals surface area contributed by atoms with Crippen molar-refractivity contribution in [2.24, 2.45) is 0 Å². The molecule has 2 heterocycles. The van der Waals surface area contributed by atoms with Crippen molar-refractivity contribution in [1.29, 1.82) is 0 Å². The highest BCUT2D eigenvalue weighted by Crippen LogP contribution is 2.27. The van der Waals surface area contributed by atoms with Crippen molar-refractivity contribution < 1.29 is 9.13 Å². The van der Waals surface area contributed by atoms with E-state index in [4.69, 9.17) is 10.5 Å². The molecule has 0 spiro atoms. The van der Waals surface area contributed by atoms with E-state index < -0.39 is 0 Å². The van der Waals surface area contributed by atoms with E-state index in [9.17, 15) is 4.39 Å². The lowest BCUT2D eigenvalue weighted by atomic mass is 10.2. The average Bonchev–Trinajstić information content (AvgIpc) is 2.83. The summed E-state index contributed by atoms with van der Waals surface area (Å²) in [7, 11) is 0. The van der Waals surface area contributed by atoms with Gasteiger partial charge in [0.15, 0.2) is 0 Å². The number of fused-ring (bicyclic) bond motifs is 1. The lowest BCUT2D eigenvalue weighted by molar-refractivity contribution is 0.131. The van der Waals surface area contributed by atoms with Crippen molar-refractivity contribution in [1.82, 2.24) is 9.78 Å². The first kappa shape index (κ1) is 9.35. The molecule has 2 aromatic rings. The molecule has 0 aliphatic carbocycles. The lowest BCUT2D eigenvalue weighted by Gasteiger charge is -2.06. The molecule has 5 heteroatoms. The molecule has 4 nitrogen and oxygen atoms in total. The largest absolute Gasteiger partial charge is 0.383 e. The summed E-state index contributed by atoms with van der Waals surface area (Å²) >= 11 is 0. The number of para-hydroxylation sites is 1. The number of nitrogens with two attached hydrogens (primary N) is 1. The lowest BCUT2D eigenvalue weighted by Crippen LogP contribution is -2.05. The molecule has 1 aromatic heterocycles. The predicted molar refractivity (Wildman–Crippen MR) is 56.4 cm³/mol. The van der Waals surface area contributed by atoms with E-state index in [0.29, 0.717) is 24.7 Å². The number of hydrogen-bond donors (Lipinski definition) is 1. The van der Waals surface area contributed by atoms with Gasteiger partial charge in [-0.2, -0.15) is 5.10 Å². The van der Waals surface area contributed by atoms with Crippen LogP contribution in [0.5, 0.6) is 0 Å². The van der Waals surface area contributed by atoms with Crippen LogP contribution in [0.15, 0.2) is 24.3 Å². The Morgan fingerprint density at radius 3 is 2.88 bits per heavy atom. The van der Waals surface area contributed by atoms with Crippen LogP contribution in [0.2, 0.25) is 0 Å². The summed E-state index contributed by atoms with van der Waals surface area (Å²) in [5, 5.41) is 4.25. The van der Waals surface area contributed by atoms with Gasteiger partial charge in [-0.15, -0.1) is 0 Å². The second-order valence-electron chi connectivity index (χ2n) is 3.67. The third-order valence-corrected chi connectivity index (χ3v) is 2.67. The van der Waals surface area contributed by atoms with Gasteiger partial charge in [0, 0.05) is 5.56 Å². The number of benzene rings is 1. The summed E-state index contributed by atoms with van der Waals surface area (Å²) in [4.78, 5) is 0. The molecule has 1 aliphatic heterocycles. The van der Waals surface area contributed by atoms with Crippen LogP contribution in [-0.4, -0.2) is 9.78 Å². The van der Waals surface area contributed by atoms with Crippen LogP contribution in [0.1, 0.15) is 11.3 Å². The number of aromatic nitrogens is 2. The van der Waals surface area contributed by atoms with Gasteiger partial charge in [0.2, 0.25) is 0 Å². The molecular weight excluding hydrogens is 209 g/mol. The van der Waals surface area contributed by atoms with E-state index in [0.717, 1.165) is 11.3 Å². The number of nitrogens with zero attached hydrogens (tertiary/aromatic N) is 2. The van der Waals surface area contributed by atoms with E-state index in [2.05, 4.69) is 5.10 Å². The maximum Gasteiger partial charge on any atom is 0.148 e. The average molecular weight is 219 g/mol. The molecular formula is C11H10FN3O. The fraction of sp³-hybridized carbons (Fsp3) is 0.182. The zero-order valence-electron chi connectivity index (χ0n) is 8.48. The SMILES string of the molecule is Nc1c2c(nn1-c1ccccc1F)COC2. The van der Waals surface area contributed by atoms with Crippen LogP contribution < -0.4 is 5.73 Å². The molecule has 0 fully saturated rings. The van der Waals surface area contributed by atoms with Gasteiger partial charge in [-0.3, -0.25) is 0 Å². The molecule has 0 amide bonds. The van der Waals surface area contributed by atoms with Gasteiger partial charge in [0.25, 0.3) is 0 Å². The number of hydrogen-bond acceptors (Lipinski definition) is 3. The normalized spacial score (nSPS) is 14.1. The van der Waals surface area contributed by atoms with Gasteiger partial charge >= 0.3 is 0 Å². The zero-order chi connectivity index (χ0) is 11.1. The first-order valence-corrected chi connectivity index (χ1v) is 4.96. The minimum Gasteiger partial charge on any atom is -0.383 e. The second-order valence-corrected chi connectivity index (χ2v) is 3.67. The topological polar surface area (TPSA) is 53.1 Å². The molecule has 3 rings (SSSR count). The van der Waals surface area contributed by atoms with E-state index in [1.54, 1.807) is 18.2 Å². The summed E-state index contributed by atoms with van der Waals surface area (Å²) in [5.74, 6) is 0.119. The van der Waals surface area contributed by atoms with Gasteiger partial charge in [-0.05, 0) is 12.1 Å². The Labute approximate surface area is 91.4 Å². The fourth-order valence-electron chi connectivity index (χ4n) is 1.84. The van der Waals surface area contributed by atoms with E-state index in [1.807, 2.05) is 0 Å². The van der Waals surface area contributed by atoms with Crippen molar-refractivity contribution >= 4 is 5.82 Å². The van der Waals surface area contributed by atoms with Crippen molar-refractivity contribution in [3.63, 3.8) is 0 Å². The third kappa shape index (κ3) is 1.22. The molecule has 16 heavy (non-hydrogen) atoms. The standard InChI is InChI=1S/C11H10FN3O/c12-8-3-1-2-4-10(8)15-11(13)7-5-16-6-9(7)14-15/h1-4H,5-6,13H2. The summed E-state index contributed by atoms with van der Waals surface area (Å²) in [6.07, 6.45) is 0. The minimum absolute atomic E-state index is 0.337. The first-order chi connectivity index (χ1) is 7.77. The fourth-order valence-corrected chi connectivity index (χ4v) is 1.84. The van der Waals surface area contributed by atoms with Gasteiger partial charge in [-0.25, -0.2) is 9.07 Å². The highest BCUT2D eigenvalue weighted by atomic mass is 19.1. The van der Waals surface area contributed by atoms with Crippen LogP contribution in [0.4, 0.5) is 10.2 Å². The van der Waals surface area contributed by atoms with Crippen LogP contribution in [-0.2, 0) is 18.0 Å². The first-order valence-electron chi connectivity index (χ1n) is 4.96. The number of ether oxygens (including phenoxy) is 1. The zero-order valence-corrected chi connectivity index (χ0v) is 8.48.